The topological polar surface area (TPSA) is 66.5 Å². The number of carbonyl (C=O) groups excluding carboxylic acids is 1. The summed E-state index contributed by atoms with van der Waals surface area (Å²) >= 11 is 0. The minimum Gasteiger partial charge on any atom is -0.337 e. The zero-order valence-corrected chi connectivity index (χ0v) is 16.9. The van der Waals surface area contributed by atoms with Crippen molar-refractivity contribution in [2.45, 2.75) is 18.4 Å². The van der Waals surface area contributed by atoms with Gasteiger partial charge in [-0.3, -0.25) is 9.52 Å². The van der Waals surface area contributed by atoms with E-state index in [4.69, 9.17) is 0 Å². The number of hydrogen-bond donors (Lipinski definition) is 1. The van der Waals surface area contributed by atoms with E-state index in [2.05, 4.69) is 4.72 Å². The molecule has 0 aliphatic rings. The first-order valence-electron chi connectivity index (χ1n) is 8.94. The van der Waals surface area contributed by atoms with Crippen molar-refractivity contribution in [3.05, 3.63) is 95.3 Å². The average molecular weight is 412 g/mol. The van der Waals surface area contributed by atoms with Gasteiger partial charge in [0, 0.05) is 24.8 Å². The number of aryl methyl sites for hydroxylation is 1. The van der Waals surface area contributed by atoms with Crippen molar-refractivity contribution in [2.24, 2.45) is 0 Å². The summed E-state index contributed by atoms with van der Waals surface area (Å²) in [5.74, 6) is -0.677. The van der Waals surface area contributed by atoms with Crippen molar-refractivity contribution in [3.8, 4) is 0 Å². The second-order valence-electron chi connectivity index (χ2n) is 6.79. The van der Waals surface area contributed by atoms with E-state index in [-0.39, 0.29) is 28.7 Å². The number of anilines is 1. The number of sulfonamides is 1. The quantitative estimate of drug-likeness (QED) is 0.660. The molecule has 0 aliphatic heterocycles. The van der Waals surface area contributed by atoms with E-state index in [1.165, 1.54) is 35.2 Å². The summed E-state index contributed by atoms with van der Waals surface area (Å²) in [6.45, 7) is 2.14. The molecule has 7 heteroatoms. The van der Waals surface area contributed by atoms with E-state index >= 15 is 0 Å². The van der Waals surface area contributed by atoms with Gasteiger partial charge in [0.2, 0.25) is 0 Å². The van der Waals surface area contributed by atoms with Crippen molar-refractivity contribution in [1.82, 2.24) is 4.90 Å². The van der Waals surface area contributed by atoms with Crippen molar-refractivity contribution < 1.29 is 17.6 Å². The number of halogens is 1. The van der Waals surface area contributed by atoms with Gasteiger partial charge >= 0.3 is 0 Å². The first kappa shape index (κ1) is 20.5. The Bertz CT molecular complexity index is 1130. The Morgan fingerprint density at radius 1 is 1.00 bits per heavy atom. The van der Waals surface area contributed by atoms with Crippen molar-refractivity contribution in [2.75, 3.05) is 11.8 Å². The molecule has 0 aromatic heterocycles. The predicted molar refractivity (Wildman–Crippen MR) is 111 cm³/mol. The van der Waals surface area contributed by atoms with Crippen molar-refractivity contribution in [3.63, 3.8) is 0 Å². The lowest BCUT2D eigenvalue weighted by Gasteiger charge is -2.18. The molecule has 0 saturated heterocycles. The lowest BCUT2D eigenvalue weighted by Crippen LogP contribution is -2.26. The smallest absolute Gasteiger partial charge is 0.261 e. The average Bonchev–Trinajstić information content (AvgIpc) is 2.69. The van der Waals surface area contributed by atoms with Crippen LogP contribution in [-0.4, -0.2) is 26.3 Å². The van der Waals surface area contributed by atoms with Gasteiger partial charge in [0.1, 0.15) is 5.82 Å². The maximum atomic E-state index is 13.0. The third-order valence-corrected chi connectivity index (χ3v) is 5.72. The number of amides is 1. The highest BCUT2D eigenvalue weighted by Gasteiger charge is 2.18. The summed E-state index contributed by atoms with van der Waals surface area (Å²) < 4.78 is 41.0. The minimum atomic E-state index is -3.84. The van der Waals surface area contributed by atoms with Crippen LogP contribution >= 0.6 is 0 Å². The molecule has 1 N–H and O–H groups in total. The molecule has 29 heavy (non-hydrogen) atoms. The number of nitrogens with zero attached hydrogens (tertiary/aromatic N) is 1. The maximum Gasteiger partial charge on any atom is 0.261 e. The van der Waals surface area contributed by atoms with Crippen LogP contribution in [0.1, 0.15) is 21.5 Å². The van der Waals surface area contributed by atoms with E-state index in [9.17, 15) is 17.6 Å². The van der Waals surface area contributed by atoms with Gasteiger partial charge in [0.25, 0.3) is 15.9 Å². The molecule has 0 unspecified atom stereocenters. The number of carbonyl (C=O) groups is 1. The molecule has 0 bridgehead atoms. The van der Waals surface area contributed by atoms with Gasteiger partial charge in [-0.2, -0.15) is 0 Å². The second-order valence-corrected chi connectivity index (χ2v) is 8.47. The number of hydrogen-bond acceptors (Lipinski definition) is 3. The molecule has 5 nitrogen and oxygen atoms in total. The summed E-state index contributed by atoms with van der Waals surface area (Å²) in [6, 6.07) is 18.8. The van der Waals surface area contributed by atoms with Crippen LogP contribution in [0.25, 0.3) is 0 Å². The molecule has 0 fully saturated rings. The van der Waals surface area contributed by atoms with Gasteiger partial charge in [0.15, 0.2) is 0 Å². The Morgan fingerprint density at radius 3 is 2.38 bits per heavy atom. The standard InChI is InChI=1S/C22H21FN2O3S/c1-16-5-3-7-20(13-16)24-29(27,28)21-8-4-6-18(14-21)22(26)25(2)15-17-9-11-19(23)12-10-17/h3-14,24H,15H2,1-2H3. The molecular formula is C22H21FN2O3S. The van der Waals surface area contributed by atoms with Gasteiger partial charge < -0.3 is 4.90 Å². The van der Waals surface area contributed by atoms with E-state index < -0.39 is 10.0 Å². The zero-order valence-electron chi connectivity index (χ0n) is 16.1. The molecule has 0 atom stereocenters. The zero-order chi connectivity index (χ0) is 21.0. The third-order valence-electron chi connectivity index (χ3n) is 4.34. The van der Waals surface area contributed by atoms with E-state index in [0.29, 0.717) is 5.69 Å². The molecule has 3 aromatic rings. The van der Waals surface area contributed by atoms with Crippen LogP contribution in [0, 0.1) is 12.7 Å². The van der Waals surface area contributed by atoms with Gasteiger partial charge in [-0.15, -0.1) is 0 Å². The number of benzene rings is 3. The maximum absolute atomic E-state index is 13.0. The van der Waals surface area contributed by atoms with Gasteiger partial charge in [-0.1, -0.05) is 30.3 Å². The van der Waals surface area contributed by atoms with Crippen LogP contribution in [0.4, 0.5) is 10.1 Å². The SMILES string of the molecule is Cc1cccc(NS(=O)(=O)c2cccc(C(=O)N(C)Cc3ccc(F)cc3)c2)c1. The van der Waals surface area contributed by atoms with Gasteiger partial charge in [-0.05, 0) is 60.5 Å². The Balaban J connectivity index is 1.78. The molecule has 3 aromatic carbocycles. The molecular weight excluding hydrogens is 391 g/mol. The van der Waals surface area contributed by atoms with Crippen LogP contribution in [0.2, 0.25) is 0 Å². The summed E-state index contributed by atoms with van der Waals surface area (Å²) in [4.78, 5) is 14.2. The van der Waals surface area contributed by atoms with Gasteiger partial charge in [0.05, 0.1) is 4.90 Å². The van der Waals surface area contributed by atoms with Crippen molar-refractivity contribution in [1.29, 1.82) is 0 Å². The fraction of sp³-hybridized carbons (Fsp3) is 0.136. The molecule has 0 saturated carbocycles. The first-order valence-corrected chi connectivity index (χ1v) is 10.4. The Kier molecular flexibility index (Phi) is 5.98. The minimum absolute atomic E-state index is 0.0000355. The molecule has 0 aliphatic carbocycles. The van der Waals surface area contributed by atoms with Crippen LogP contribution in [0.5, 0.6) is 0 Å². The molecule has 3 rings (SSSR count). The van der Waals surface area contributed by atoms with Crippen LogP contribution in [0.15, 0.2) is 77.7 Å². The van der Waals surface area contributed by atoms with Crippen LogP contribution < -0.4 is 4.72 Å². The lowest BCUT2D eigenvalue weighted by atomic mass is 10.1. The van der Waals surface area contributed by atoms with Crippen molar-refractivity contribution >= 4 is 21.6 Å². The lowest BCUT2D eigenvalue weighted by molar-refractivity contribution is 0.0785. The second kappa shape index (κ2) is 8.45. The van der Waals surface area contributed by atoms with Crippen LogP contribution in [-0.2, 0) is 16.6 Å². The third kappa shape index (κ3) is 5.20. The highest BCUT2D eigenvalue weighted by atomic mass is 32.2. The van der Waals surface area contributed by atoms with E-state index in [1.807, 2.05) is 13.0 Å². The fourth-order valence-corrected chi connectivity index (χ4v) is 3.97. The number of nitrogens with one attached hydrogen (secondary N) is 1. The highest BCUT2D eigenvalue weighted by molar-refractivity contribution is 7.92. The molecule has 150 valence electrons. The van der Waals surface area contributed by atoms with Crippen LogP contribution in [0.3, 0.4) is 0 Å². The predicted octanol–water partition coefficient (Wildman–Crippen LogP) is 4.21. The summed E-state index contributed by atoms with van der Waals surface area (Å²) in [5, 5.41) is 0. The Morgan fingerprint density at radius 2 is 1.69 bits per heavy atom. The van der Waals surface area contributed by atoms with E-state index in [1.54, 1.807) is 43.4 Å². The number of rotatable bonds is 6. The Labute approximate surface area is 169 Å². The molecule has 0 heterocycles. The summed E-state index contributed by atoms with van der Waals surface area (Å²) in [6.07, 6.45) is 0. The monoisotopic (exact) mass is 412 g/mol. The van der Waals surface area contributed by atoms with Gasteiger partial charge in [-0.25, -0.2) is 12.8 Å². The summed E-state index contributed by atoms with van der Waals surface area (Å²) in [7, 11) is -2.23. The molecule has 0 spiro atoms. The fourth-order valence-electron chi connectivity index (χ4n) is 2.87. The normalized spacial score (nSPS) is 11.1. The molecule has 1 amide bonds. The largest absolute Gasteiger partial charge is 0.337 e. The Hall–Kier alpha value is -3.19. The molecule has 0 radical (unpaired) electrons. The summed E-state index contributed by atoms with van der Waals surface area (Å²) in [5.41, 5.74) is 2.40. The highest BCUT2D eigenvalue weighted by Crippen LogP contribution is 2.19. The van der Waals surface area contributed by atoms with E-state index in [0.717, 1.165) is 11.1 Å². The first-order chi connectivity index (χ1) is 13.7.